The molecule has 1 rings (SSSR count). The number of nitrogens with two attached hydrogens (primary N) is 1. The molecule has 1 atom stereocenters. The molecule has 0 saturated heterocycles. The van der Waals surface area contributed by atoms with E-state index in [1.165, 1.54) is 30.6 Å². The van der Waals surface area contributed by atoms with Crippen molar-refractivity contribution in [1.29, 1.82) is 0 Å². The summed E-state index contributed by atoms with van der Waals surface area (Å²) >= 11 is 12.0. The van der Waals surface area contributed by atoms with E-state index in [0.29, 0.717) is 18.7 Å². The van der Waals surface area contributed by atoms with Crippen LogP contribution in [0, 0.1) is 5.92 Å². The quantitative estimate of drug-likeness (QED) is 0.802. The first-order valence-electron chi connectivity index (χ1n) is 6.86. The predicted octanol–water partition coefficient (Wildman–Crippen LogP) is 3.00. The SMILES string of the molecule is COc1cc(Cl)c(S(=O)(=O)N(C)CCC(N)C(C)C)cc1Cl. The largest absolute Gasteiger partial charge is 0.495 e. The van der Waals surface area contributed by atoms with E-state index < -0.39 is 10.0 Å². The van der Waals surface area contributed by atoms with Gasteiger partial charge in [0.05, 0.1) is 17.2 Å². The topological polar surface area (TPSA) is 72.6 Å². The first kappa shape index (κ1) is 19.5. The minimum absolute atomic E-state index is 0.0411. The number of methoxy groups -OCH3 is 1. The molecule has 0 fully saturated rings. The molecular weight excluding hydrogens is 347 g/mol. The van der Waals surface area contributed by atoms with Gasteiger partial charge in [-0.2, -0.15) is 0 Å². The van der Waals surface area contributed by atoms with E-state index in [-0.39, 0.29) is 26.9 Å². The fraction of sp³-hybridized carbons (Fsp3) is 0.571. The molecule has 0 amide bonds. The predicted molar refractivity (Wildman–Crippen MR) is 90.3 cm³/mol. The molecule has 0 bridgehead atoms. The monoisotopic (exact) mass is 368 g/mol. The maximum atomic E-state index is 12.6. The first-order chi connectivity index (χ1) is 10.1. The van der Waals surface area contributed by atoms with Crippen LogP contribution in [0.1, 0.15) is 20.3 Å². The Morgan fingerprint density at radius 3 is 2.36 bits per heavy atom. The van der Waals surface area contributed by atoms with Crippen LogP contribution in [-0.4, -0.2) is 39.5 Å². The molecule has 2 N–H and O–H groups in total. The highest BCUT2D eigenvalue weighted by Crippen LogP contribution is 2.34. The highest BCUT2D eigenvalue weighted by molar-refractivity contribution is 7.89. The van der Waals surface area contributed by atoms with Gasteiger partial charge >= 0.3 is 0 Å². The molecule has 1 aromatic rings. The van der Waals surface area contributed by atoms with Gasteiger partial charge in [-0.25, -0.2) is 12.7 Å². The summed E-state index contributed by atoms with van der Waals surface area (Å²) in [6.07, 6.45) is 0.564. The summed E-state index contributed by atoms with van der Waals surface area (Å²) in [6.45, 7) is 4.31. The van der Waals surface area contributed by atoms with E-state index >= 15 is 0 Å². The van der Waals surface area contributed by atoms with E-state index in [4.69, 9.17) is 33.7 Å². The van der Waals surface area contributed by atoms with E-state index in [1.54, 1.807) is 0 Å². The summed E-state index contributed by atoms with van der Waals surface area (Å²) in [5.41, 5.74) is 5.95. The lowest BCUT2D eigenvalue weighted by Gasteiger charge is -2.22. The number of halogens is 2. The third-order valence-electron chi connectivity index (χ3n) is 3.53. The van der Waals surface area contributed by atoms with Crippen molar-refractivity contribution in [2.45, 2.75) is 31.2 Å². The molecule has 126 valence electrons. The van der Waals surface area contributed by atoms with E-state index in [2.05, 4.69) is 0 Å². The van der Waals surface area contributed by atoms with Crippen molar-refractivity contribution >= 4 is 33.2 Å². The molecule has 0 aromatic heterocycles. The van der Waals surface area contributed by atoms with Gasteiger partial charge in [-0.1, -0.05) is 37.0 Å². The molecule has 1 unspecified atom stereocenters. The van der Waals surface area contributed by atoms with Gasteiger partial charge in [0.15, 0.2) is 0 Å². The summed E-state index contributed by atoms with van der Waals surface area (Å²) in [5, 5.41) is 0.263. The minimum Gasteiger partial charge on any atom is -0.495 e. The van der Waals surface area contributed by atoms with Gasteiger partial charge < -0.3 is 10.5 Å². The van der Waals surface area contributed by atoms with Crippen LogP contribution in [0.2, 0.25) is 10.0 Å². The zero-order chi connectivity index (χ0) is 17.1. The highest BCUT2D eigenvalue weighted by Gasteiger charge is 2.25. The van der Waals surface area contributed by atoms with Gasteiger partial charge in [0.2, 0.25) is 10.0 Å². The van der Waals surface area contributed by atoms with Crippen molar-refractivity contribution in [2.75, 3.05) is 20.7 Å². The molecule has 0 heterocycles. The lowest BCUT2D eigenvalue weighted by atomic mass is 10.0. The zero-order valence-electron chi connectivity index (χ0n) is 13.1. The minimum atomic E-state index is -3.73. The van der Waals surface area contributed by atoms with Crippen LogP contribution >= 0.6 is 23.2 Å². The van der Waals surface area contributed by atoms with Crippen LogP contribution in [0.15, 0.2) is 17.0 Å². The van der Waals surface area contributed by atoms with Crippen LogP contribution in [0.25, 0.3) is 0 Å². The number of nitrogens with zero attached hydrogens (tertiary/aromatic N) is 1. The van der Waals surface area contributed by atoms with Gasteiger partial charge in [-0.15, -0.1) is 0 Å². The Morgan fingerprint density at radius 1 is 1.27 bits per heavy atom. The van der Waals surface area contributed by atoms with E-state index in [9.17, 15) is 8.42 Å². The van der Waals surface area contributed by atoms with E-state index in [0.717, 1.165) is 0 Å². The standard InChI is InChI=1S/C14H22Cl2N2O3S/c1-9(2)12(17)5-6-18(3)22(19,20)14-8-10(15)13(21-4)7-11(14)16/h7-9,12H,5-6,17H2,1-4H3. The normalized spacial score (nSPS) is 13.7. The van der Waals surface area contributed by atoms with E-state index in [1.807, 2.05) is 13.8 Å². The van der Waals surface area contributed by atoms with Gasteiger partial charge in [0, 0.05) is 25.7 Å². The third kappa shape index (κ3) is 4.49. The van der Waals surface area contributed by atoms with Gasteiger partial charge in [-0.3, -0.25) is 0 Å². The van der Waals surface area contributed by atoms with Crippen LogP contribution in [0.3, 0.4) is 0 Å². The average molecular weight is 369 g/mol. The molecule has 0 aliphatic rings. The Morgan fingerprint density at radius 2 is 1.86 bits per heavy atom. The second-order valence-corrected chi connectivity index (χ2v) is 8.27. The molecule has 22 heavy (non-hydrogen) atoms. The first-order valence-corrected chi connectivity index (χ1v) is 9.05. The Bertz CT molecular complexity index is 621. The maximum absolute atomic E-state index is 12.6. The second kappa shape index (κ2) is 7.84. The smallest absolute Gasteiger partial charge is 0.244 e. The van der Waals surface area contributed by atoms with Crippen LogP contribution in [0.5, 0.6) is 5.75 Å². The molecule has 0 aliphatic carbocycles. The van der Waals surface area contributed by atoms with Crippen LogP contribution in [0.4, 0.5) is 0 Å². The number of hydrogen-bond acceptors (Lipinski definition) is 4. The average Bonchev–Trinajstić information content (AvgIpc) is 2.45. The molecule has 0 spiro atoms. The van der Waals surface area contributed by atoms with Gasteiger partial charge in [0.1, 0.15) is 10.6 Å². The maximum Gasteiger partial charge on any atom is 0.244 e. The van der Waals surface area contributed by atoms with Crippen molar-refractivity contribution in [3.8, 4) is 5.75 Å². The summed E-state index contributed by atoms with van der Waals surface area (Å²) in [5.74, 6) is 0.616. The molecule has 5 nitrogen and oxygen atoms in total. The molecular formula is C14H22Cl2N2O3S. The van der Waals surface area contributed by atoms with Gasteiger partial charge in [0.25, 0.3) is 0 Å². The van der Waals surface area contributed by atoms with Crippen molar-refractivity contribution in [3.05, 3.63) is 22.2 Å². The Kier molecular flexibility index (Phi) is 6.95. The van der Waals surface area contributed by atoms with Crippen LogP contribution in [-0.2, 0) is 10.0 Å². The van der Waals surface area contributed by atoms with Crippen molar-refractivity contribution in [2.24, 2.45) is 11.7 Å². The van der Waals surface area contributed by atoms with Gasteiger partial charge in [-0.05, 0) is 18.4 Å². The molecule has 0 aliphatic heterocycles. The lowest BCUT2D eigenvalue weighted by Crippen LogP contribution is -2.34. The number of rotatable bonds is 7. The Labute approximate surface area is 142 Å². The third-order valence-corrected chi connectivity index (χ3v) is 6.15. The summed E-state index contributed by atoms with van der Waals surface area (Å²) < 4.78 is 31.4. The molecule has 8 heteroatoms. The molecule has 1 aromatic carbocycles. The Hall–Kier alpha value is -0.530. The number of ether oxygens (including phenoxy) is 1. The fourth-order valence-electron chi connectivity index (χ4n) is 1.82. The molecule has 0 saturated carbocycles. The Balaban J connectivity index is 3.01. The lowest BCUT2D eigenvalue weighted by molar-refractivity contribution is 0.397. The molecule has 0 radical (unpaired) electrons. The van der Waals surface area contributed by atoms with Crippen molar-refractivity contribution in [1.82, 2.24) is 4.31 Å². The van der Waals surface area contributed by atoms with Crippen LogP contribution < -0.4 is 10.5 Å². The zero-order valence-corrected chi connectivity index (χ0v) is 15.5. The fourth-order valence-corrected chi connectivity index (χ4v) is 3.82. The number of sulfonamides is 1. The van der Waals surface area contributed by atoms with Crippen molar-refractivity contribution in [3.63, 3.8) is 0 Å². The highest BCUT2D eigenvalue weighted by atomic mass is 35.5. The van der Waals surface area contributed by atoms with Crippen molar-refractivity contribution < 1.29 is 13.2 Å². The number of benzene rings is 1. The summed E-state index contributed by atoms with van der Waals surface area (Å²) in [4.78, 5) is -0.0411. The second-order valence-electron chi connectivity index (χ2n) is 5.44. The number of hydrogen-bond donors (Lipinski definition) is 1. The summed E-state index contributed by atoms with van der Waals surface area (Å²) in [6, 6.07) is 2.63. The summed E-state index contributed by atoms with van der Waals surface area (Å²) in [7, 11) is -0.800.